The molecular formula is C17H14N2O2. The SMILES string of the molecule is O=C(Oc1cccc(-c2nc3ccccc3[nH]2)c1)C1CC1. The summed E-state index contributed by atoms with van der Waals surface area (Å²) >= 11 is 0. The smallest absolute Gasteiger partial charge is 0.314 e. The van der Waals surface area contributed by atoms with Gasteiger partial charge >= 0.3 is 5.97 Å². The van der Waals surface area contributed by atoms with Crippen molar-refractivity contribution in [3.63, 3.8) is 0 Å². The van der Waals surface area contributed by atoms with Gasteiger partial charge in [0.1, 0.15) is 11.6 Å². The van der Waals surface area contributed by atoms with E-state index >= 15 is 0 Å². The number of aromatic nitrogens is 2. The fourth-order valence-electron chi connectivity index (χ4n) is 2.31. The number of aromatic amines is 1. The number of hydrogen-bond donors (Lipinski definition) is 1. The Bertz CT molecular complexity index is 785. The minimum atomic E-state index is -0.128. The van der Waals surface area contributed by atoms with Crippen LogP contribution in [0.5, 0.6) is 5.75 Å². The fourth-order valence-corrected chi connectivity index (χ4v) is 2.31. The van der Waals surface area contributed by atoms with Gasteiger partial charge in [0, 0.05) is 5.56 Å². The van der Waals surface area contributed by atoms with Gasteiger partial charge in [-0.1, -0.05) is 24.3 Å². The molecule has 0 spiro atoms. The van der Waals surface area contributed by atoms with E-state index in [1.54, 1.807) is 6.07 Å². The normalized spacial score (nSPS) is 14.3. The van der Waals surface area contributed by atoms with Crippen LogP contribution in [-0.2, 0) is 4.79 Å². The highest BCUT2D eigenvalue weighted by Gasteiger charge is 2.31. The molecule has 1 aliphatic rings. The van der Waals surface area contributed by atoms with Crippen LogP contribution >= 0.6 is 0 Å². The van der Waals surface area contributed by atoms with Crippen LogP contribution in [-0.4, -0.2) is 15.9 Å². The van der Waals surface area contributed by atoms with Crippen LogP contribution in [0.3, 0.4) is 0 Å². The second-order valence-corrected chi connectivity index (χ2v) is 5.33. The van der Waals surface area contributed by atoms with Gasteiger partial charge in [0.2, 0.25) is 0 Å². The Morgan fingerprint density at radius 1 is 1.14 bits per heavy atom. The molecule has 4 rings (SSSR count). The van der Waals surface area contributed by atoms with E-state index in [1.807, 2.05) is 42.5 Å². The average molecular weight is 278 g/mol. The molecule has 0 aliphatic heterocycles. The van der Waals surface area contributed by atoms with Gasteiger partial charge < -0.3 is 9.72 Å². The van der Waals surface area contributed by atoms with Gasteiger partial charge in [-0.05, 0) is 37.1 Å². The Hall–Kier alpha value is -2.62. The summed E-state index contributed by atoms with van der Waals surface area (Å²) in [5.74, 6) is 1.32. The van der Waals surface area contributed by atoms with Crippen molar-refractivity contribution in [2.75, 3.05) is 0 Å². The number of benzene rings is 2. The number of carbonyl (C=O) groups excluding carboxylic acids is 1. The number of esters is 1. The lowest BCUT2D eigenvalue weighted by Gasteiger charge is -2.04. The summed E-state index contributed by atoms with van der Waals surface area (Å²) in [6, 6.07) is 15.3. The zero-order chi connectivity index (χ0) is 14.2. The fraction of sp³-hybridized carbons (Fsp3) is 0.176. The summed E-state index contributed by atoms with van der Waals surface area (Å²) in [4.78, 5) is 19.5. The molecule has 1 fully saturated rings. The number of carbonyl (C=O) groups is 1. The van der Waals surface area contributed by atoms with E-state index in [9.17, 15) is 4.79 Å². The summed E-state index contributed by atoms with van der Waals surface area (Å²) in [6.45, 7) is 0. The zero-order valence-electron chi connectivity index (χ0n) is 11.4. The Labute approximate surface area is 121 Å². The largest absolute Gasteiger partial charge is 0.426 e. The van der Waals surface area contributed by atoms with Crippen molar-refractivity contribution in [3.8, 4) is 17.1 Å². The summed E-state index contributed by atoms with van der Waals surface area (Å²) in [5, 5.41) is 0. The Kier molecular flexibility index (Phi) is 2.74. The van der Waals surface area contributed by atoms with Gasteiger partial charge in [-0.15, -0.1) is 0 Å². The highest BCUT2D eigenvalue weighted by Crippen LogP contribution is 2.31. The molecule has 1 aromatic heterocycles. The molecule has 0 atom stereocenters. The average Bonchev–Trinajstić information content (AvgIpc) is 3.26. The molecule has 0 saturated heterocycles. The van der Waals surface area contributed by atoms with Crippen LogP contribution in [0.1, 0.15) is 12.8 Å². The number of para-hydroxylation sites is 2. The van der Waals surface area contributed by atoms with Crippen molar-refractivity contribution in [1.29, 1.82) is 0 Å². The van der Waals surface area contributed by atoms with Crippen molar-refractivity contribution in [1.82, 2.24) is 9.97 Å². The highest BCUT2D eigenvalue weighted by atomic mass is 16.5. The second-order valence-electron chi connectivity index (χ2n) is 5.33. The molecule has 1 heterocycles. The van der Waals surface area contributed by atoms with Crippen molar-refractivity contribution >= 4 is 17.0 Å². The van der Waals surface area contributed by atoms with Gasteiger partial charge in [0.25, 0.3) is 0 Å². The summed E-state index contributed by atoms with van der Waals surface area (Å²) in [6.07, 6.45) is 1.89. The lowest BCUT2D eigenvalue weighted by Crippen LogP contribution is -2.09. The maximum atomic E-state index is 11.7. The molecule has 4 nitrogen and oxygen atoms in total. The van der Waals surface area contributed by atoms with E-state index in [4.69, 9.17) is 4.74 Å². The third-order valence-corrected chi connectivity index (χ3v) is 3.63. The maximum Gasteiger partial charge on any atom is 0.314 e. The number of imidazole rings is 1. The summed E-state index contributed by atoms with van der Waals surface area (Å²) < 4.78 is 5.39. The number of H-pyrrole nitrogens is 1. The highest BCUT2D eigenvalue weighted by molar-refractivity contribution is 5.80. The number of nitrogens with zero attached hydrogens (tertiary/aromatic N) is 1. The van der Waals surface area contributed by atoms with E-state index < -0.39 is 0 Å². The maximum absolute atomic E-state index is 11.7. The van der Waals surface area contributed by atoms with Crippen LogP contribution < -0.4 is 4.74 Å². The van der Waals surface area contributed by atoms with E-state index in [2.05, 4.69) is 9.97 Å². The first kappa shape index (κ1) is 12.1. The molecule has 2 aromatic carbocycles. The predicted molar refractivity (Wildman–Crippen MR) is 79.9 cm³/mol. The minimum Gasteiger partial charge on any atom is -0.426 e. The first-order chi connectivity index (χ1) is 10.3. The van der Waals surface area contributed by atoms with Gasteiger partial charge in [-0.3, -0.25) is 4.79 Å². The van der Waals surface area contributed by atoms with Crippen molar-refractivity contribution in [3.05, 3.63) is 48.5 Å². The van der Waals surface area contributed by atoms with Crippen LogP contribution in [0.25, 0.3) is 22.4 Å². The molecule has 0 unspecified atom stereocenters. The minimum absolute atomic E-state index is 0.0971. The standard InChI is InChI=1S/C17H14N2O2/c20-17(11-8-9-11)21-13-5-3-4-12(10-13)16-18-14-6-1-2-7-15(14)19-16/h1-7,10-11H,8-9H2,(H,18,19). The molecule has 1 N–H and O–H groups in total. The quantitative estimate of drug-likeness (QED) is 0.589. The lowest BCUT2D eigenvalue weighted by molar-refractivity contribution is -0.135. The van der Waals surface area contributed by atoms with Crippen molar-refractivity contribution < 1.29 is 9.53 Å². The zero-order valence-corrected chi connectivity index (χ0v) is 11.4. The molecular weight excluding hydrogens is 264 g/mol. The topological polar surface area (TPSA) is 55.0 Å². The molecule has 0 radical (unpaired) electrons. The second kappa shape index (κ2) is 4.74. The van der Waals surface area contributed by atoms with E-state index in [0.29, 0.717) is 5.75 Å². The van der Waals surface area contributed by atoms with Crippen LogP contribution in [0.4, 0.5) is 0 Å². The molecule has 1 saturated carbocycles. The molecule has 3 aromatic rings. The third kappa shape index (κ3) is 2.40. The first-order valence-corrected chi connectivity index (χ1v) is 7.06. The number of ether oxygens (including phenoxy) is 1. The Morgan fingerprint density at radius 2 is 2.00 bits per heavy atom. The Morgan fingerprint density at radius 3 is 2.81 bits per heavy atom. The van der Waals surface area contributed by atoms with E-state index in [0.717, 1.165) is 35.3 Å². The summed E-state index contributed by atoms with van der Waals surface area (Å²) in [5.41, 5.74) is 2.83. The van der Waals surface area contributed by atoms with Gasteiger partial charge in [-0.25, -0.2) is 4.98 Å². The number of fused-ring (bicyclic) bond motifs is 1. The van der Waals surface area contributed by atoms with Crippen LogP contribution in [0, 0.1) is 5.92 Å². The third-order valence-electron chi connectivity index (χ3n) is 3.63. The Balaban J connectivity index is 1.66. The van der Waals surface area contributed by atoms with Gasteiger partial charge in [-0.2, -0.15) is 0 Å². The first-order valence-electron chi connectivity index (χ1n) is 7.06. The molecule has 4 heteroatoms. The van der Waals surface area contributed by atoms with E-state index in [1.165, 1.54) is 0 Å². The molecule has 1 aliphatic carbocycles. The molecule has 0 bridgehead atoms. The van der Waals surface area contributed by atoms with Crippen molar-refractivity contribution in [2.45, 2.75) is 12.8 Å². The van der Waals surface area contributed by atoms with Crippen LogP contribution in [0.15, 0.2) is 48.5 Å². The number of hydrogen-bond acceptors (Lipinski definition) is 3. The predicted octanol–water partition coefficient (Wildman–Crippen LogP) is 3.55. The van der Waals surface area contributed by atoms with Gasteiger partial charge in [0.15, 0.2) is 0 Å². The summed E-state index contributed by atoms with van der Waals surface area (Å²) in [7, 11) is 0. The molecule has 0 amide bonds. The number of nitrogens with one attached hydrogen (secondary N) is 1. The van der Waals surface area contributed by atoms with E-state index in [-0.39, 0.29) is 11.9 Å². The molecule has 104 valence electrons. The van der Waals surface area contributed by atoms with Crippen molar-refractivity contribution in [2.24, 2.45) is 5.92 Å². The lowest BCUT2D eigenvalue weighted by atomic mass is 10.2. The van der Waals surface area contributed by atoms with Gasteiger partial charge in [0.05, 0.1) is 17.0 Å². The number of rotatable bonds is 3. The molecule has 21 heavy (non-hydrogen) atoms. The monoisotopic (exact) mass is 278 g/mol. The van der Waals surface area contributed by atoms with Crippen LogP contribution in [0.2, 0.25) is 0 Å².